The van der Waals surface area contributed by atoms with Gasteiger partial charge in [-0.3, -0.25) is 9.59 Å². The first kappa shape index (κ1) is 16.6. The van der Waals surface area contributed by atoms with Crippen LogP contribution < -0.4 is 5.32 Å². The SMILES string of the molecule is CN1C(=O)C[C@H](C(=O)NCC(F)F)[C@H]1c1ccc(Cl)c(F)c1. The number of alkyl halides is 2. The Bertz CT molecular complexity index is 597. The number of carbonyl (C=O) groups excluding carboxylic acids is 2. The lowest BCUT2D eigenvalue weighted by Gasteiger charge is -2.25. The minimum Gasteiger partial charge on any atom is -0.350 e. The van der Waals surface area contributed by atoms with Crippen molar-refractivity contribution in [2.75, 3.05) is 13.6 Å². The lowest BCUT2D eigenvalue weighted by atomic mass is 9.93. The summed E-state index contributed by atoms with van der Waals surface area (Å²) in [6.45, 7) is -0.783. The van der Waals surface area contributed by atoms with Crippen molar-refractivity contribution in [1.29, 1.82) is 0 Å². The molecule has 1 heterocycles. The van der Waals surface area contributed by atoms with E-state index in [0.29, 0.717) is 5.56 Å². The van der Waals surface area contributed by atoms with Crippen molar-refractivity contribution in [3.05, 3.63) is 34.6 Å². The summed E-state index contributed by atoms with van der Waals surface area (Å²) in [5.74, 6) is -2.48. The van der Waals surface area contributed by atoms with E-state index in [9.17, 15) is 22.8 Å². The van der Waals surface area contributed by atoms with Gasteiger partial charge in [-0.2, -0.15) is 0 Å². The van der Waals surface area contributed by atoms with E-state index in [0.717, 1.165) is 6.07 Å². The molecule has 22 heavy (non-hydrogen) atoms. The zero-order valence-electron chi connectivity index (χ0n) is 11.7. The molecule has 2 atom stereocenters. The molecule has 2 amide bonds. The van der Waals surface area contributed by atoms with Crippen LogP contribution in [0.5, 0.6) is 0 Å². The number of halogens is 4. The molecule has 0 unspecified atom stereocenters. The predicted octanol–water partition coefficient (Wildman–Crippen LogP) is 2.38. The molecule has 0 bridgehead atoms. The van der Waals surface area contributed by atoms with E-state index in [2.05, 4.69) is 5.32 Å². The van der Waals surface area contributed by atoms with Crippen LogP contribution >= 0.6 is 11.6 Å². The van der Waals surface area contributed by atoms with E-state index in [1.54, 1.807) is 0 Å². The number of hydrogen-bond acceptors (Lipinski definition) is 2. The van der Waals surface area contributed by atoms with E-state index in [1.165, 1.54) is 24.1 Å². The Morgan fingerprint density at radius 3 is 2.77 bits per heavy atom. The van der Waals surface area contributed by atoms with Gasteiger partial charge in [-0.1, -0.05) is 17.7 Å². The molecule has 4 nitrogen and oxygen atoms in total. The van der Waals surface area contributed by atoms with Crippen LogP contribution in [0.3, 0.4) is 0 Å². The highest BCUT2D eigenvalue weighted by Crippen LogP contribution is 2.38. The fourth-order valence-corrected chi connectivity index (χ4v) is 2.68. The quantitative estimate of drug-likeness (QED) is 0.919. The Morgan fingerprint density at radius 2 is 2.18 bits per heavy atom. The van der Waals surface area contributed by atoms with Crippen LogP contribution in [0.15, 0.2) is 18.2 Å². The summed E-state index contributed by atoms with van der Waals surface area (Å²) < 4.78 is 38.0. The summed E-state index contributed by atoms with van der Waals surface area (Å²) >= 11 is 5.62. The molecule has 120 valence electrons. The molecule has 8 heteroatoms. The first-order chi connectivity index (χ1) is 10.3. The van der Waals surface area contributed by atoms with E-state index in [4.69, 9.17) is 11.6 Å². The minimum absolute atomic E-state index is 0.0746. The maximum atomic E-state index is 13.6. The molecule has 1 saturated heterocycles. The number of nitrogens with one attached hydrogen (secondary N) is 1. The maximum absolute atomic E-state index is 13.6. The molecule has 1 aliphatic heterocycles. The van der Waals surface area contributed by atoms with Crippen molar-refractivity contribution in [3.63, 3.8) is 0 Å². The fraction of sp³-hybridized carbons (Fsp3) is 0.429. The summed E-state index contributed by atoms with van der Waals surface area (Å²) in [5.41, 5.74) is 0.396. The van der Waals surface area contributed by atoms with Gasteiger partial charge in [0.2, 0.25) is 11.8 Å². The lowest BCUT2D eigenvalue weighted by Crippen LogP contribution is -2.36. The molecule has 0 aliphatic carbocycles. The molecule has 2 rings (SSSR count). The smallest absolute Gasteiger partial charge is 0.255 e. The van der Waals surface area contributed by atoms with Crippen LogP contribution in [0.1, 0.15) is 18.0 Å². The molecular formula is C14H14ClF3N2O2. The zero-order chi connectivity index (χ0) is 16.4. The summed E-state index contributed by atoms with van der Waals surface area (Å²) in [7, 11) is 1.49. The molecule has 0 spiro atoms. The molecule has 0 aromatic heterocycles. The maximum Gasteiger partial charge on any atom is 0.255 e. The number of benzene rings is 1. The Labute approximate surface area is 130 Å². The average Bonchev–Trinajstić information content (AvgIpc) is 2.75. The van der Waals surface area contributed by atoms with Crippen molar-refractivity contribution in [2.45, 2.75) is 18.9 Å². The van der Waals surface area contributed by atoms with E-state index < -0.39 is 36.7 Å². The van der Waals surface area contributed by atoms with Gasteiger partial charge in [-0.15, -0.1) is 0 Å². The third kappa shape index (κ3) is 3.35. The second-order valence-electron chi connectivity index (χ2n) is 5.07. The normalized spacial score (nSPS) is 21.5. The number of carbonyl (C=O) groups is 2. The van der Waals surface area contributed by atoms with Crippen LogP contribution in [0.25, 0.3) is 0 Å². The Morgan fingerprint density at radius 1 is 1.50 bits per heavy atom. The summed E-state index contributed by atoms with van der Waals surface area (Å²) in [5, 5.41) is 2.03. The Kier molecular flexibility index (Phi) is 4.95. The van der Waals surface area contributed by atoms with Crippen molar-refractivity contribution >= 4 is 23.4 Å². The minimum atomic E-state index is -2.68. The monoisotopic (exact) mass is 334 g/mol. The van der Waals surface area contributed by atoms with E-state index in [-0.39, 0.29) is 17.4 Å². The Hall–Kier alpha value is -1.76. The summed E-state index contributed by atoms with van der Waals surface area (Å²) in [6, 6.07) is 3.28. The van der Waals surface area contributed by atoms with Gasteiger partial charge in [0.25, 0.3) is 6.43 Å². The summed E-state index contributed by atoms with van der Waals surface area (Å²) in [6.07, 6.45) is -2.79. The number of likely N-dealkylation sites (tertiary alicyclic amines) is 1. The number of nitrogens with zero attached hydrogens (tertiary/aromatic N) is 1. The fourth-order valence-electron chi connectivity index (χ4n) is 2.57. The van der Waals surface area contributed by atoms with Gasteiger partial charge < -0.3 is 10.2 Å². The number of amides is 2. The van der Waals surface area contributed by atoms with Crippen molar-refractivity contribution in [2.24, 2.45) is 5.92 Å². The van der Waals surface area contributed by atoms with Crippen LogP contribution in [0.4, 0.5) is 13.2 Å². The summed E-state index contributed by atoms with van der Waals surface area (Å²) in [4.78, 5) is 25.2. The van der Waals surface area contributed by atoms with Crippen LogP contribution in [-0.2, 0) is 9.59 Å². The number of hydrogen-bond donors (Lipinski definition) is 1. The van der Waals surface area contributed by atoms with Crippen molar-refractivity contribution in [3.8, 4) is 0 Å². The van der Waals surface area contributed by atoms with Crippen LogP contribution in [0.2, 0.25) is 5.02 Å². The van der Waals surface area contributed by atoms with Crippen molar-refractivity contribution in [1.82, 2.24) is 10.2 Å². The third-order valence-electron chi connectivity index (χ3n) is 3.64. The molecule has 1 aromatic carbocycles. The van der Waals surface area contributed by atoms with Gasteiger partial charge in [0.05, 0.1) is 23.5 Å². The lowest BCUT2D eigenvalue weighted by molar-refractivity contribution is -0.128. The molecule has 0 saturated carbocycles. The van der Waals surface area contributed by atoms with Gasteiger partial charge in [0.15, 0.2) is 0 Å². The third-order valence-corrected chi connectivity index (χ3v) is 3.95. The molecule has 1 fully saturated rings. The van der Waals surface area contributed by atoms with Crippen LogP contribution in [0, 0.1) is 11.7 Å². The molecule has 0 radical (unpaired) electrons. The molecular weight excluding hydrogens is 321 g/mol. The second-order valence-corrected chi connectivity index (χ2v) is 5.48. The van der Waals surface area contributed by atoms with E-state index in [1.807, 2.05) is 0 Å². The first-order valence-corrected chi connectivity index (χ1v) is 6.95. The molecule has 1 N–H and O–H groups in total. The highest BCUT2D eigenvalue weighted by atomic mass is 35.5. The van der Waals surface area contributed by atoms with Gasteiger partial charge in [-0.05, 0) is 17.7 Å². The highest BCUT2D eigenvalue weighted by molar-refractivity contribution is 6.30. The van der Waals surface area contributed by atoms with Crippen LogP contribution in [-0.4, -0.2) is 36.7 Å². The molecule has 1 aromatic rings. The molecule has 1 aliphatic rings. The van der Waals surface area contributed by atoms with Gasteiger partial charge in [-0.25, -0.2) is 13.2 Å². The predicted molar refractivity (Wildman–Crippen MR) is 74.0 cm³/mol. The van der Waals surface area contributed by atoms with Gasteiger partial charge in [0, 0.05) is 13.5 Å². The van der Waals surface area contributed by atoms with Crippen molar-refractivity contribution < 1.29 is 22.8 Å². The Balaban J connectivity index is 2.26. The largest absolute Gasteiger partial charge is 0.350 e. The van der Waals surface area contributed by atoms with E-state index >= 15 is 0 Å². The topological polar surface area (TPSA) is 49.4 Å². The second kappa shape index (κ2) is 6.56. The highest BCUT2D eigenvalue weighted by Gasteiger charge is 2.42. The first-order valence-electron chi connectivity index (χ1n) is 6.57. The zero-order valence-corrected chi connectivity index (χ0v) is 12.4. The average molecular weight is 335 g/mol. The standard InChI is InChI=1S/C14H14ClF3N2O2/c1-20-12(21)5-8(14(22)19-6-11(17)18)13(20)7-2-3-9(15)10(16)4-7/h2-4,8,11,13H,5-6H2,1H3,(H,19,22)/t8-,13+/m0/s1. The van der Waals surface area contributed by atoms with Gasteiger partial charge in [0.1, 0.15) is 5.82 Å². The number of rotatable bonds is 4. The van der Waals surface area contributed by atoms with Gasteiger partial charge >= 0.3 is 0 Å².